The van der Waals surface area contributed by atoms with Crippen LogP contribution in [0.15, 0.2) is 58.3 Å². The summed E-state index contributed by atoms with van der Waals surface area (Å²) in [6.45, 7) is -0.161. The molecule has 24 heavy (non-hydrogen) atoms. The fourth-order valence-corrected chi connectivity index (χ4v) is 3.38. The van der Waals surface area contributed by atoms with Crippen LogP contribution in [0.3, 0.4) is 0 Å². The lowest BCUT2D eigenvalue weighted by atomic mass is 10.3. The van der Waals surface area contributed by atoms with Gasteiger partial charge in [-0.25, -0.2) is 13.1 Å². The molecule has 0 spiro atoms. The minimum atomic E-state index is -3.73. The first-order valence-electron chi connectivity index (χ1n) is 6.90. The monoisotopic (exact) mass is 382 g/mol. The van der Waals surface area contributed by atoms with E-state index in [9.17, 15) is 8.42 Å². The first-order chi connectivity index (χ1) is 11.4. The van der Waals surface area contributed by atoms with Crippen molar-refractivity contribution in [2.75, 3.05) is 12.8 Å². The molecule has 0 aliphatic carbocycles. The van der Waals surface area contributed by atoms with Gasteiger partial charge in [-0.2, -0.15) is 5.26 Å². The first kappa shape index (κ1) is 18.6. The smallest absolute Gasteiger partial charge is 0.240 e. The summed E-state index contributed by atoms with van der Waals surface area (Å²) < 4.78 is 32.2. The second-order valence-corrected chi connectivity index (χ2v) is 7.80. The van der Waals surface area contributed by atoms with Crippen LogP contribution in [-0.4, -0.2) is 27.3 Å². The highest BCUT2D eigenvalue weighted by Crippen LogP contribution is 2.20. The molecule has 2 aromatic rings. The van der Waals surface area contributed by atoms with Crippen LogP contribution in [0.1, 0.15) is 0 Å². The molecule has 0 amide bonds. The summed E-state index contributed by atoms with van der Waals surface area (Å²) in [5.74, 6) is 0.505. The van der Waals surface area contributed by atoms with Crippen molar-refractivity contribution in [2.24, 2.45) is 0 Å². The lowest BCUT2D eigenvalue weighted by Crippen LogP contribution is -2.34. The molecule has 0 bridgehead atoms. The normalized spacial score (nSPS) is 12.4. The summed E-state index contributed by atoms with van der Waals surface area (Å²) >= 11 is 7.34. The van der Waals surface area contributed by atoms with Crippen LogP contribution in [0.2, 0.25) is 5.02 Å². The molecule has 0 aliphatic heterocycles. The predicted octanol–water partition coefficient (Wildman–Crippen LogP) is 3.31. The minimum Gasteiger partial charge on any atom is -0.474 e. The van der Waals surface area contributed by atoms with Gasteiger partial charge in [0.15, 0.2) is 6.10 Å². The Kier molecular flexibility index (Phi) is 6.52. The van der Waals surface area contributed by atoms with Gasteiger partial charge in [-0.05, 0) is 54.8 Å². The van der Waals surface area contributed by atoms with E-state index in [2.05, 4.69) is 4.72 Å². The summed E-state index contributed by atoms with van der Waals surface area (Å²) in [5, 5.41) is 9.61. The van der Waals surface area contributed by atoms with Crippen molar-refractivity contribution in [1.29, 1.82) is 5.26 Å². The molecule has 1 N–H and O–H groups in total. The fourth-order valence-electron chi connectivity index (χ4n) is 1.81. The fraction of sp³-hybridized carbons (Fsp3) is 0.188. The maximum Gasteiger partial charge on any atom is 0.240 e. The molecular weight excluding hydrogens is 368 g/mol. The van der Waals surface area contributed by atoms with Crippen LogP contribution < -0.4 is 9.46 Å². The maximum atomic E-state index is 12.2. The number of benzene rings is 2. The third-order valence-corrected chi connectivity index (χ3v) is 5.50. The Bertz CT molecular complexity index is 816. The lowest BCUT2D eigenvalue weighted by Gasteiger charge is -2.14. The van der Waals surface area contributed by atoms with E-state index in [-0.39, 0.29) is 11.4 Å². The van der Waals surface area contributed by atoms with Crippen LogP contribution in [0.5, 0.6) is 5.75 Å². The van der Waals surface area contributed by atoms with Crippen molar-refractivity contribution in [3.63, 3.8) is 0 Å². The quantitative estimate of drug-likeness (QED) is 0.743. The van der Waals surface area contributed by atoms with E-state index in [1.54, 1.807) is 23.9 Å². The molecule has 126 valence electrons. The Balaban J connectivity index is 1.99. The van der Waals surface area contributed by atoms with Gasteiger partial charge >= 0.3 is 0 Å². The molecule has 0 saturated heterocycles. The van der Waals surface area contributed by atoms with Gasteiger partial charge < -0.3 is 4.74 Å². The molecule has 0 radical (unpaired) electrons. The zero-order valence-electron chi connectivity index (χ0n) is 12.8. The Hall–Kier alpha value is -1.72. The van der Waals surface area contributed by atoms with Crippen molar-refractivity contribution in [3.05, 3.63) is 53.6 Å². The molecular formula is C16H15ClN2O3S2. The molecule has 0 saturated carbocycles. The summed E-state index contributed by atoms with van der Waals surface area (Å²) in [6, 6.07) is 14.9. The number of nitrogens with one attached hydrogen (secondary N) is 1. The predicted molar refractivity (Wildman–Crippen MR) is 94.9 cm³/mol. The largest absolute Gasteiger partial charge is 0.474 e. The van der Waals surface area contributed by atoms with Gasteiger partial charge in [0.05, 0.1) is 11.4 Å². The van der Waals surface area contributed by atoms with Crippen molar-refractivity contribution < 1.29 is 13.2 Å². The van der Waals surface area contributed by atoms with Gasteiger partial charge in [-0.15, -0.1) is 11.8 Å². The van der Waals surface area contributed by atoms with E-state index < -0.39 is 16.1 Å². The van der Waals surface area contributed by atoms with Crippen molar-refractivity contribution in [2.45, 2.75) is 15.9 Å². The average Bonchev–Trinajstić information content (AvgIpc) is 2.59. The number of nitrogens with zero attached hydrogens (tertiary/aromatic N) is 1. The number of ether oxygens (including phenoxy) is 1. The second-order valence-electron chi connectivity index (χ2n) is 4.72. The molecule has 0 heterocycles. The third kappa shape index (κ3) is 5.14. The van der Waals surface area contributed by atoms with Gasteiger partial charge in [0.25, 0.3) is 0 Å². The van der Waals surface area contributed by atoms with Gasteiger partial charge in [0.1, 0.15) is 11.8 Å². The second kappa shape index (κ2) is 8.40. The van der Waals surface area contributed by atoms with E-state index in [1.807, 2.05) is 24.5 Å². The molecule has 8 heteroatoms. The summed E-state index contributed by atoms with van der Waals surface area (Å²) in [4.78, 5) is 1.15. The van der Waals surface area contributed by atoms with Gasteiger partial charge in [-0.1, -0.05) is 11.6 Å². The van der Waals surface area contributed by atoms with Crippen LogP contribution in [0.4, 0.5) is 0 Å². The number of halogens is 1. The minimum absolute atomic E-state index is 0.0768. The van der Waals surface area contributed by atoms with E-state index in [0.717, 1.165) is 4.90 Å². The SMILES string of the molecule is CSc1ccc(OC(C#N)CNS(=O)(=O)c2ccc(Cl)cc2)cc1. The van der Waals surface area contributed by atoms with E-state index in [0.29, 0.717) is 10.8 Å². The van der Waals surface area contributed by atoms with E-state index >= 15 is 0 Å². The van der Waals surface area contributed by atoms with Crippen molar-refractivity contribution >= 4 is 33.4 Å². The lowest BCUT2D eigenvalue weighted by molar-refractivity contribution is 0.258. The Morgan fingerprint density at radius 2 is 1.83 bits per heavy atom. The van der Waals surface area contributed by atoms with Gasteiger partial charge in [0, 0.05) is 9.92 Å². The Labute approximate surface area is 150 Å². The van der Waals surface area contributed by atoms with Crippen molar-refractivity contribution in [3.8, 4) is 11.8 Å². The first-order valence-corrected chi connectivity index (χ1v) is 9.99. The highest BCUT2D eigenvalue weighted by Gasteiger charge is 2.17. The number of rotatable bonds is 7. The third-order valence-electron chi connectivity index (χ3n) is 3.06. The molecule has 2 rings (SSSR count). The zero-order valence-corrected chi connectivity index (χ0v) is 15.2. The molecule has 0 fully saturated rings. The standard InChI is InChI=1S/C16H15ClN2O3S2/c1-23-15-6-4-13(5-7-15)22-14(10-18)11-19-24(20,21)16-8-2-12(17)3-9-16/h2-9,14,19H,11H2,1H3. The number of nitriles is 1. The van der Waals surface area contributed by atoms with Crippen LogP contribution >= 0.6 is 23.4 Å². The van der Waals surface area contributed by atoms with Crippen molar-refractivity contribution in [1.82, 2.24) is 4.72 Å². The van der Waals surface area contributed by atoms with Crippen LogP contribution in [-0.2, 0) is 10.0 Å². The van der Waals surface area contributed by atoms with Gasteiger partial charge in [0.2, 0.25) is 10.0 Å². The number of sulfonamides is 1. The molecule has 0 aliphatic rings. The average molecular weight is 383 g/mol. The Morgan fingerprint density at radius 1 is 1.21 bits per heavy atom. The molecule has 5 nitrogen and oxygen atoms in total. The highest BCUT2D eigenvalue weighted by atomic mass is 35.5. The number of hydrogen-bond acceptors (Lipinski definition) is 5. The van der Waals surface area contributed by atoms with E-state index in [4.69, 9.17) is 21.6 Å². The highest BCUT2D eigenvalue weighted by molar-refractivity contribution is 7.98. The van der Waals surface area contributed by atoms with Crippen LogP contribution in [0.25, 0.3) is 0 Å². The summed E-state index contributed by atoms with van der Waals surface area (Å²) in [6.07, 6.45) is 1.02. The molecule has 1 unspecified atom stereocenters. The molecule has 2 aromatic carbocycles. The zero-order chi connectivity index (χ0) is 17.6. The molecule has 0 aromatic heterocycles. The molecule has 1 atom stereocenters. The maximum absolute atomic E-state index is 12.2. The number of hydrogen-bond donors (Lipinski definition) is 1. The summed E-state index contributed by atoms with van der Waals surface area (Å²) in [7, 11) is -3.73. The number of thioether (sulfide) groups is 1. The summed E-state index contributed by atoms with van der Waals surface area (Å²) in [5.41, 5.74) is 0. The topological polar surface area (TPSA) is 79.2 Å². The van der Waals surface area contributed by atoms with Gasteiger partial charge in [-0.3, -0.25) is 0 Å². The van der Waals surface area contributed by atoms with E-state index in [1.165, 1.54) is 24.3 Å². The Morgan fingerprint density at radius 3 is 2.38 bits per heavy atom. The van der Waals surface area contributed by atoms with Crippen LogP contribution in [0, 0.1) is 11.3 Å².